The van der Waals surface area contributed by atoms with Crippen LogP contribution in [0, 0.1) is 10.1 Å². The number of ether oxygens (including phenoxy) is 3. The van der Waals surface area contributed by atoms with Gasteiger partial charge >= 0.3 is 5.69 Å². The molecule has 2 aromatic carbocycles. The second-order valence-electron chi connectivity index (χ2n) is 5.38. The molecule has 0 aliphatic carbocycles. The summed E-state index contributed by atoms with van der Waals surface area (Å²) in [5, 5.41) is 14.8. The number of nitro benzene ring substituents is 1. The Balaban J connectivity index is 1.93. The first-order valence-corrected chi connectivity index (χ1v) is 8.62. The maximum Gasteiger partial charge on any atom is 0.310 e. The van der Waals surface area contributed by atoms with Gasteiger partial charge in [-0.05, 0) is 43.7 Å². The summed E-state index contributed by atoms with van der Waals surface area (Å²) in [7, 11) is 0. The monoisotopic (exact) mass is 387 g/mol. The maximum atomic E-state index is 11.8. The lowest BCUT2D eigenvalue weighted by Crippen LogP contribution is -2.24. The summed E-state index contributed by atoms with van der Waals surface area (Å²) < 4.78 is 16.2. The van der Waals surface area contributed by atoms with Crippen LogP contribution in [0.1, 0.15) is 19.4 Å². The fourth-order valence-electron chi connectivity index (χ4n) is 2.23. The Labute approximate surface area is 162 Å². The van der Waals surface area contributed by atoms with Crippen molar-refractivity contribution in [2.45, 2.75) is 13.8 Å². The second-order valence-corrected chi connectivity index (χ2v) is 5.38. The molecule has 0 radical (unpaired) electrons. The van der Waals surface area contributed by atoms with Crippen LogP contribution in [-0.2, 0) is 4.79 Å². The molecule has 9 nitrogen and oxygen atoms in total. The summed E-state index contributed by atoms with van der Waals surface area (Å²) >= 11 is 0. The van der Waals surface area contributed by atoms with Gasteiger partial charge in [0.25, 0.3) is 5.91 Å². The minimum atomic E-state index is -0.576. The van der Waals surface area contributed by atoms with Gasteiger partial charge in [0, 0.05) is 6.07 Å². The van der Waals surface area contributed by atoms with Gasteiger partial charge in [-0.15, -0.1) is 0 Å². The van der Waals surface area contributed by atoms with E-state index in [9.17, 15) is 14.9 Å². The molecule has 0 saturated carbocycles. The second kappa shape index (κ2) is 10.5. The van der Waals surface area contributed by atoms with Gasteiger partial charge in [0.15, 0.2) is 23.9 Å². The molecule has 0 aliphatic heterocycles. The van der Waals surface area contributed by atoms with Crippen LogP contribution >= 0.6 is 0 Å². The molecule has 9 heteroatoms. The molecule has 1 N–H and O–H groups in total. The van der Waals surface area contributed by atoms with Crippen molar-refractivity contribution in [3.63, 3.8) is 0 Å². The molecular formula is C19H21N3O6. The van der Waals surface area contributed by atoms with Gasteiger partial charge in [-0.2, -0.15) is 5.10 Å². The largest absolute Gasteiger partial charge is 0.490 e. The van der Waals surface area contributed by atoms with Crippen molar-refractivity contribution in [2.24, 2.45) is 5.10 Å². The van der Waals surface area contributed by atoms with E-state index < -0.39 is 17.4 Å². The van der Waals surface area contributed by atoms with Crippen molar-refractivity contribution in [3.8, 4) is 17.2 Å². The van der Waals surface area contributed by atoms with Gasteiger partial charge in [-0.1, -0.05) is 12.1 Å². The minimum absolute atomic E-state index is 0.0134. The third-order valence-corrected chi connectivity index (χ3v) is 3.39. The van der Waals surface area contributed by atoms with Crippen LogP contribution < -0.4 is 19.6 Å². The van der Waals surface area contributed by atoms with Crippen molar-refractivity contribution in [1.82, 2.24) is 5.43 Å². The van der Waals surface area contributed by atoms with Crippen molar-refractivity contribution in [2.75, 3.05) is 19.8 Å². The first-order valence-electron chi connectivity index (χ1n) is 8.62. The Bertz CT molecular complexity index is 853. The lowest BCUT2D eigenvalue weighted by atomic mass is 10.2. The highest BCUT2D eigenvalue weighted by molar-refractivity contribution is 5.83. The summed E-state index contributed by atoms with van der Waals surface area (Å²) in [6.07, 6.45) is 1.45. The number of carbonyl (C=O) groups is 1. The third-order valence-electron chi connectivity index (χ3n) is 3.39. The van der Waals surface area contributed by atoms with Crippen LogP contribution in [0.3, 0.4) is 0 Å². The number of hydrogen-bond acceptors (Lipinski definition) is 7. The predicted molar refractivity (Wildman–Crippen MR) is 103 cm³/mol. The topological polar surface area (TPSA) is 112 Å². The normalized spacial score (nSPS) is 10.5. The third kappa shape index (κ3) is 5.97. The van der Waals surface area contributed by atoms with Gasteiger partial charge in [0.1, 0.15) is 0 Å². The van der Waals surface area contributed by atoms with Gasteiger partial charge < -0.3 is 14.2 Å². The number of nitrogens with zero attached hydrogens (tertiary/aromatic N) is 2. The number of para-hydroxylation sites is 2. The van der Waals surface area contributed by atoms with Crippen molar-refractivity contribution in [3.05, 3.63) is 58.1 Å². The average Bonchev–Trinajstić information content (AvgIpc) is 2.69. The van der Waals surface area contributed by atoms with E-state index in [4.69, 9.17) is 14.2 Å². The molecule has 1 amide bonds. The van der Waals surface area contributed by atoms with Crippen molar-refractivity contribution < 1.29 is 23.9 Å². The quantitative estimate of drug-likeness (QED) is 0.381. The van der Waals surface area contributed by atoms with E-state index in [1.807, 2.05) is 13.8 Å². The fourth-order valence-corrected chi connectivity index (χ4v) is 2.23. The Morgan fingerprint density at radius 2 is 1.79 bits per heavy atom. The fraction of sp³-hybridized carbons (Fsp3) is 0.263. The van der Waals surface area contributed by atoms with Crippen LogP contribution in [0.15, 0.2) is 47.6 Å². The molecule has 148 valence electrons. The zero-order valence-electron chi connectivity index (χ0n) is 15.6. The number of hydrazone groups is 1. The van der Waals surface area contributed by atoms with E-state index in [1.54, 1.807) is 24.3 Å². The summed E-state index contributed by atoms with van der Waals surface area (Å²) in [4.78, 5) is 22.2. The Hall–Kier alpha value is -3.62. The van der Waals surface area contributed by atoms with E-state index in [1.165, 1.54) is 24.4 Å². The Morgan fingerprint density at radius 1 is 1.07 bits per heavy atom. The number of nitro groups is 1. The molecule has 0 aromatic heterocycles. The van der Waals surface area contributed by atoms with Crippen molar-refractivity contribution >= 4 is 17.8 Å². The molecule has 0 fully saturated rings. The lowest BCUT2D eigenvalue weighted by Gasteiger charge is -2.11. The van der Waals surface area contributed by atoms with Gasteiger partial charge in [-0.25, -0.2) is 5.43 Å². The zero-order chi connectivity index (χ0) is 20.4. The summed E-state index contributed by atoms with van der Waals surface area (Å²) in [5.74, 6) is 0.674. The molecule has 0 spiro atoms. The molecular weight excluding hydrogens is 366 g/mol. The highest BCUT2D eigenvalue weighted by Crippen LogP contribution is 2.28. The molecule has 2 aromatic rings. The van der Waals surface area contributed by atoms with Crippen molar-refractivity contribution in [1.29, 1.82) is 0 Å². The van der Waals surface area contributed by atoms with Gasteiger partial charge in [0.2, 0.25) is 0 Å². The van der Waals surface area contributed by atoms with Crippen LogP contribution in [0.2, 0.25) is 0 Å². The number of amides is 1. The highest BCUT2D eigenvalue weighted by Gasteiger charge is 2.14. The van der Waals surface area contributed by atoms with Gasteiger partial charge in [-0.3, -0.25) is 14.9 Å². The molecule has 2 rings (SSSR count). The standard InChI is InChI=1S/C19H21N3O6/c1-3-26-17-10-9-14(11-18(17)27-4-2)12-20-21-19(23)13-28-16-8-6-5-7-15(16)22(24)25/h5-12H,3-4,13H2,1-2H3,(H,21,23)/b20-12+. The first-order chi connectivity index (χ1) is 13.5. The van der Waals surface area contributed by atoms with Crippen LogP contribution in [0.5, 0.6) is 17.2 Å². The maximum absolute atomic E-state index is 11.8. The SMILES string of the molecule is CCOc1ccc(/C=N/NC(=O)COc2ccccc2[N+](=O)[O-])cc1OCC. The van der Waals surface area contributed by atoms with Crippen LogP contribution in [-0.4, -0.2) is 36.9 Å². The predicted octanol–water partition coefficient (Wildman–Crippen LogP) is 2.92. The molecule has 0 unspecified atom stereocenters. The average molecular weight is 387 g/mol. The Morgan fingerprint density at radius 3 is 2.50 bits per heavy atom. The molecule has 28 heavy (non-hydrogen) atoms. The van der Waals surface area contributed by atoms with Crippen LogP contribution in [0.4, 0.5) is 5.69 Å². The Kier molecular flexibility index (Phi) is 7.77. The molecule has 0 bridgehead atoms. The smallest absolute Gasteiger partial charge is 0.310 e. The van der Waals surface area contributed by atoms with Crippen LogP contribution in [0.25, 0.3) is 0 Å². The number of benzene rings is 2. The number of rotatable bonds is 10. The summed E-state index contributed by atoms with van der Waals surface area (Å²) in [6, 6.07) is 11.1. The van der Waals surface area contributed by atoms with E-state index >= 15 is 0 Å². The zero-order valence-corrected chi connectivity index (χ0v) is 15.6. The number of carbonyl (C=O) groups excluding carboxylic acids is 1. The van der Waals surface area contributed by atoms with E-state index in [0.717, 1.165) is 0 Å². The molecule has 0 heterocycles. The molecule has 0 atom stereocenters. The lowest BCUT2D eigenvalue weighted by molar-refractivity contribution is -0.385. The minimum Gasteiger partial charge on any atom is -0.490 e. The highest BCUT2D eigenvalue weighted by atomic mass is 16.6. The number of hydrogen-bond donors (Lipinski definition) is 1. The van der Waals surface area contributed by atoms with E-state index in [-0.39, 0.29) is 11.4 Å². The van der Waals surface area contributed by atoms with E-state index in [0.29, 0.717) is 30.3 Å². The molecule has 0 aliphatic rings. The summed E-state index contributed by atoms with van der Waals surface area (Å²) in [6.45, 7) is 4.35. The number of nitrogens with one attached hydrogen (secondary N) is 1. The van der Waals surface area contributed by atoms with Gasteiger partial charge in [0.05, 0.1) is 24.4 Å². The summed E-state index contributed by atoms with van der Waals surface area (Å²) in [5.41, 5.74) is 2.79. The first kappa shape index (κ1) is 20.7. The van der Waals surface area contributed by atoms with E-state index in [2.05, 4.69) is 10.5 Å². The molecule has 0 saturated heterocycles.